The van der Waals surface area contributed by atoms with Crippen LogP contribution in [0.4, 0.5) is 0 Å². The lowest BCUT2D eigenvalue weighted by Gasteiger charge is -2.14. The van der Waals surface area contributed by atoms with Gasteiger partial charge in [-0.1, -0.05) is 42.5 Å². The first-order chi connectivity index (χ1) is 15.1. The maximum absolute atomic E-state index is 13.0. The fraction of sp³-hybridized carbons (Fsp3) is 0.320. The van der Waals surface area contributed by atoms with Crippen LogP contribution in [0, 0.1) is 20.8 Å². The fourth-order valence-corrected chi connectivity index (χ4v) is 5.42. The number of carbonyl (C=O) groups is 1. The number of para-hydroxylation sites is 1. The highest BCUT2D eigenvalue weighted by Gasteiger charge is 2.19. The first-order valence-corrected chi connectivity index (χ1v) is 12.3. The van der Waals surface area contributed by atoms with Gasteiger partial charge in [0, 0.05) is 29.7 Å². The van der Waals surface area contributed by atoms with Gasteiger partial charge in [-0.05, 0) is 63.4 Å². The lowest BCUT2D eigenvalue weighted by atomic mass is 10.1. The molecular formula is C25H31N3O3S. The number of benzene rings is 2. The number of sulfonamides is 1. The second-order valence-electron chi connectivity index (χ2n) is 8.39. The molecule has 2 N–H and O–H groups in total. The van der Waals surface area contributed by atoms with E-state index in [9.17, 15) is 13.2 Å². The average Bonchev–Trinajstić information content (AvgIpc) is 3.00. The maximum Gasteiger partial charge on any atom is 0.253 e. The molecule has 0 aliphatic heterocycles. The lowest BCUT2D eigenvalue weighted by molar-refractivity contribution is 0.0950. The Labute approximate surface area is 190 Å². The number of aryl methyl sites for hydroxylation is 2. The Morgan fingerprint density at radius 2 is 1.59 bits per heavy atom. The molecule has 1 aromatic heterocycles. The van der Waals surface area contributed by atoms with Gasteiger partial charge in [-0.15, -0.1) is 0 Å². The molecule has 0 bridgehead atoms. The van der Waals surface area contributed by atoms with Crippen LogP contribution >= 0.6 is 0 Å². The summed E-state index contributed by atoms with van der Waals surface area (Å²) in [6.07, 6.45) is 0. The number of hydrogen-bond acceptors (Lipinski definition) is 3. The molecule has 0 radical (unpaired) electrons. The Bertz CT molecular complexity index is 1230. The minimum Gasteiger partial charge on any atom is -0.348 e. The van der Waals surface area contributed by atoms with E-state index in [-0.39, 0.29) is 24.2 Å². The van der Waals surface area contributed by atoms with Crippen LogP contribution in [0.5, 0.6) is 0 Å². The number of carbonyl (C=O) groups excluding carboxylic acids is 1. The van der Waals surface area contributed by atoms with Crippen LogP contribution in [0.25, 0.3) is 5.69 Å². The lowest BCUT2D eigenvalue weighted by Crippen LogP contribution is -2.32. The predicted octanol–water partition coefficient (Wildman–Crippen LogP) is 4.16. The second kappa shape index (κ2) is 9.71. The van der Waals surface area contributed by atoms with Crippen molar-refractivity contribution in [1.29, 1.82) is 0 Å². The van der Waals surface area contributed by atoms with Gasteiger partial charge in [0.05, 0.1) is 11.3 Å². The molecule has 7 heteroatoms. The molecule has 1 heterocycles. The third-order valence-electron chi connectivity index (χ3n) is 5.35. The SMILES string of the molecule is Cc1ccccc1-n1c(C)cc(C(=O)NCc2ccccc2CS(=O)(=O)NC(C)C)c1C. The smallest absolute Gasteiger partial charge is 0.253 e. The Morgan fingerprint density at radius 1 is 0.969 bits per heavy atom. The molecule has 0 aliphatic rings. The van der Waals surface area contributed by atoms with E-state index in [1.165, 1.54) is 0 Å². The molecule has 0 saturated carbocycles. The van der Waals surface area contributed by atoms with Crippen LogP contribution in [0.2, 0.25) is 0 Å². The summed E-state index contributed by atoms with van der Waals surface area (Å²) in [5.41, 5.74) is 6.09. The molecule has 1 amide bonds. The van der Waals surface area contributed by atoms with E-state index in [2.05, 4.69) is 14.6 Å². The zero-order chi connectivity index (χ0) is 23.5. The van der Waals surface area contributed by atoms with Crippen molar-refractivity contribution in [1.82, 2.24) is 14.6 Å². The van der Waals surface area contributed by atoms with E-state index in [0.29, 0.717) is 11.1 Å². The van der Waals surface area contributed by atoms with Crippen molar-refractivity contribution in [2.24, 2.45) is 0 Å². The molecule has 0 atom stereocenters. The molecular weight excluding hydrogens is 422 g/mol. The van der Waals surface area contributed by atoms with Gasteiger partial charge in [-0.3, -0.25) is 4.79 Å². The monoisotopic (exact) mass is 453 g/mol. The third-order valence-corrected chi connectivity index (χ3v) is 6.87. The highest BCUT2D eigenvalue weighted by molar-refractivity contribution is 7.88. The van der Waals surface area contributed by atoms with Crippen molar-refractivity contribution in [3.05, 3.63) is 88.2 Å². The van der Waals surface area contributed by atoms with E-state index in [1.807, 2.05) is 63.2 Å². The van der Waals surface area contributed by atoms with Crippen molar-refractivity contribution < 1.29 is 13.2 Å². The quantitative estimate of drug-likeness (QED) is 0.537. The summed E-state index contributed by atoms with van der Waals surface area (Å²) in [6, 6.07) is 17.1. The highest BCUT2D eigenvalue weighted by Crippen LogP contribution is 2.23. The van der Waals surface area contributed by atoms with Gasteiger partial charge in [0.15, 0.2) is 0 Å². The summed E-state index contributed by atoms with van der Waals surface area (Å²) in [7, 11) is -3.46. The van der Waals surface area contributed by atoms with Crippen LogP contribution < -0.4 is 10.0 Å². The normalized spacial score (nSPS) is 11.7. The van der Waals surface area contributed by atoms with Gasteiger partial charge in [-0.2, -0.15) is 0 Å². The predicted molar refractivity (Wildman–Crippen MR) is 128 cm³/mol. The standard InChI is InChI=1S/C25H31N3O3S/c1-17(2)27-32(30,31)16-22-12-8-7-11-21(22)15-26-25(29)23-14-19(4)28(20(23)5)24-13-9-6-10-18(24)3/h6-14,17,27H,15-16H2,1-5H3,(H,26,29). The minimum absolute atomic E-state index is 0.126. The van der Waals surface area contributed by atoms with E-state index in [1.54, 1.807) is 26.0 Å². The van der Waals surface area contributed by atoms with E-state index >= 15 is 0 Å². The summed E-state index contributed by atoms with van der Waals surface area (Å²) >= 11 is 0. The first kappa shape index (κ1) is 23.8. The van der Waals surface area contributed by atoms with Crippen LogP contribution in [0.1, 0.15) is 52.3 Å². The van der Waals surface area contributed by atoms with Crippen LogP contribution in [-0.2, 0) is 22.3 Å². The molecule has 0 aliphatic carbocycles. The van der Waals surface area contributed by atoms with E-state index < -0.39 is 10.0 Å². The van der Waals surface area contributed by atoms with Gasteiger partial charge in [0.2, 0.25) is 10.0 Å². The summed E-state index contributed by atoms with van der Waals surface area (Å²) in [6.45, 7) is 9.80. The maximum atomic E-state index is 13.0. The minimum atomic E-state index is -3.46. The third kappa shape index (κ3) is 5.47. The van der Waals surface area contributed by atoms with Crippen LogP contribution in [0.3, 0.4) is 0 Å². The molecule has 170 valence electrons. The summed E-state index contributed by atoms with van der Waals surface area (Å²) in [5, 5.41) is 2.96. The van der Waals surface area contributed by atoms with Gasteiger partial charge in [0.1, 0.15) is 0 Å². The highest BCUT2D eigenvalue weighted by atomic mass is 32.2. The van der Waals surface area contributed by atoms with Gasteiger partial charge in [-0.25, -0.2) is 13.1 Å². The number of aromatic nitrogens is 1. The average molecular weight is 454 g/mol. The number of nitrogens with one attached hydrogen (secondary N) is 2. The Kier molecular flexibility index (Phi) is 7.21. The molecule has 3 rings (SSSR count). The molecule has 6 nitrogen and oxygen atoms in total. The summed E-state index contributed by atoms with van der Waals surface area (Å²) in [4.78, 5) is 13.0. The second-order valence-corrected chi connectivity index (χ2v) is 10.1. The molecule has 3 aromatic rings. The molecule has 32 heavy (non-hydrogen) atoms. The molecule has 0 spiro atoms. The number of hydrogen-bond donors (Lipinski definition) is 2. The van der Waals surface area contributed by atoms with E-state index in [4.69, 9.17) is 0 Å². The van der Waals surface area contributed by atoms with Crippen molar-refractivity contribution in [2.75, 3.05) is 0 Å². The Morgan fingerprint density at radius 3 is 2.25 bits per heavy atom. The molecule has 0 fully saturated rings. The fourth-order valence-electron chi connectivity index (χ4n) is 3.92. The number of rotatable bonds is 8. The van der Waals surface area contributed by atoms with Crippen molar-refractivity contribution >= 4 is 15.9 Å². The zero-order valence-corrected chi connectivity index (χ0v) is 20.1. The molecule has 0 saturated heterocycles. The Hall–Kier alpha value is -2.90. The van der Waals surface area contributed by atoms with Crippen molar-refractivity contribution in [3.63, 3.8) is 0 Å². The summed E-state index contributed by atoms with van der Waals surface area (Å²) in [5.74, 6) is -0.310. The molecule has 0 unspecified atom stereocenters. The first-order valence-electron chi connectivity index (χ1n) is 10.7. The zero-order valence-electron chi connectivity index (χ0n) is 19.3. The van der Waals surface area contributed by atoms with Gasteiger partial charge in [0.25, 0.3) is 5.91 Å². The summed E-state index contributed by atoms with van der Waals surface area (Å²) < 4.78 is 29.4. The van der Waals surface area contributed by atoms with Crippen LogP contribution in [-0.4, -0.2) is 24.9 Å². The van der Waals surface area contributed by atoms with Crippen LogP contribution in [0.15, 0.2) is 54.6 Å². The van der Waals surface area contributed by atoms with Crippen molar-refractivity contribution in [2.45, 2.75) is 53.0 Å². The number of amides is 1. The topological polar surface area (TPSA) is 80.2 Å². The Balaban J connectivity index is 1.79. The number of nitrogens with zero attached hydrogens (tertiary/aromatic N) is 1. The van der Waals surface area contributed by atoms with E-state index in [0.717, 1.165) is 28.2 Å². The van der Waals surface area contributed by atoms with Crippen molar-refractivity contribution in [3.8, 4) is 5.69 Å². The van der Waals surface area contributed by atoms with Gasteiger partial charge < -0.3 is 9.88 Å². The van der Waals surface area contributed by atoms with Gasteiger partial charge >= 0.3 is 0 Å². The largest absolute Gasteiger partial charge is 0.348 e. The molecule has 2 aromatic carbocycles.